The van der Waals surface area contributed by atoms with Crippen molar-refractivity contribution in [3.05, 3.63) is 21.9 Å². The first-order valence-electron chi connectivity index (χ1n) is 3.68. The summed E-state index contributed by atoms with van der Waals surface area (Å²) in [5, 5.41) is 2.52. The summed E-state index contributed by atoms with van der Waals surface area (Å²) in [4.78, 5) is 13.2. The molecule has 0 aliphatic carbocycles. The number of hydrogen-bond donors (Lipinski definition) is 2. The Kier molecular flexibility index (Phi) is 2.83. The van der Waals surface area contributed by atoms with E-state index >= 15 is 0 Å². The van der Waals surface area contributed by atoms with Gasteiger partial charge in [0.15, 0.2) is 0 Å². The lowest BCUT2D eigenvalue weighted by Crippen LogP contribution is -2.30. The molecule has 1 aromatic rings. The molecule has 66 valence electrons. The SMILES string of the molecule is CNC(=O)[C@H](N)c1ccc(C)s1. The van der Waals surface area contributed by atoms with Gasteiger partial charge >= 0.3 is 0 Å². The fourth-order valence-corrected chi connectivity index (χ4v) is 1.78. The van der Waals surface area contributed by atoms with Crippen molar-refractivity contribution in [2.75, 3.05) is 7.05 Å². The quantitative estimate of drug-likeness (QED) is 0.714. The molecule has 0 aliphatic heterocycles. The minimum Gasteiger partial charge on any atom is -0.357 e. The maximum Gasteiger partial charge on any atom is 0.242 e. The number of nitrogens with one attached hydrogen (secondary N) is 1. The summed E-state index contributed by atoms with van der Waals surface area (Å²) in [6.07, 6.45) is 0. The average Bonchev–Trinajstić information content (AvgIpc) is 2.49. The topological polar surface area (TPSA) is 55.1 Å². The van der Waals surface area contributed by atoms with E-state index in [1.165, 1.54) is 4.88 Å². The Labute approximate surface area is 75.6 Å². The largest absolute Gasteiger partial charge is 0.357 e. The van der Waals surface area contributed by atoms with Crippen molar-refractivity contribution in [1.82, 2.24) is 5.32 Å². The molecular formula is C8H12N2OS. The van der Waals surface area contributed by atoms with Crippen LogP contribution in [0.5, 0.6) is 0 Å². The lowest BCUT2D eigenvalue weighted by Gasteiger charge is -2.06. The van der Waals surface area contributed by atoms with Crippen LogP contribution < -0.4 is 11.1 Å². The minimum atomic E-state index is -0.520. The van der Waals surface area contributed by atoms with Crippen molar-refractivity contribution in [2.45, 2.75) is 13.0 Å². The van der Waals surface area contributed by atoms with E-state index in [-0.39, 0.29) is 5.91 Å². The fraction of sp³-hybridized carbons (Fsp3) is 0.375. The molecule has 0 radical (unpaired) electrons. The van der Waals surface area contributed by atoms with Gasteiger partial charge in [-0.15, -0.1) is 11.3 Å². The van der Waals surface area contributed by atoms with Gasteiger partial charge in [-0.1, -0.05) is 0 Å². The molecule has 1 rings (SSSR count). The van der Waals surface area contributed by atoms with Crippen LogP contribution in [0.3, 0.4) is 0 Å². The van der Waals surface area contributed by atoms with E-state index in [4.69, 9.17) is 5.73 Å². The van der Waals surface area contributed by atoms with Crippen molar-refractivity contribution in [1.29, 1.82) is 0 Å². The molecule has 0 bridgehead atoms. The van der Waals surface area contributed by atoms with Gasteiger partial charge in [0, 0.05) is 16.8 Å². The second-order valence-electron chi connectivity index (χ2n) is 2.54. The van der Waals surface area contributed by atoms with Gasteiger partial charge in [0.1, 0.15) is 6.04 Å². The number of amides is 1. The van der Waals surface area contributed by atoms with Gasteiger partial charge in [0.2, 0.25) is 5.91 Å². The minimum absolute atomic E-state index is 0.142. The highest BCUT2D eigenvalue weighted by Crippen LogP contribution is 2.20. The standard InChI is InChI=1S/C8H12N2OS/c1-5-3-4-6(12-5)7(9)8(11)10-2/h3-4,7H,9H2,1-2H3,(H,10,11)/t7-/m1/s1. The zero-order valence-corrected chi connectivity index (χ0v) is 7.94. The van der Waals surface area contributed by atoms with Crippen LogP contribution in [0.1, 0.15) is 15.8 Å². The van der Waals surface area contributed by atoms with Crippen LogP contribution >= 0.6 is 11.3 Å². The molecule has 1 heterocycles. The Bertz CT molecular complexity index is 282. The summed E-state index contributed by atoms with van der Waals surface area (Å²) in [6, 6.07) is 3.33. The fourth-order valence-electron chi connectivity index (χ4n) is 0.905. The number of aryl methyl sites for hydroxylation is 1. The molecule has 0 fully saturated rings. The highest BCUT2D eigenvalue weighted by molar-refractivity contribution is 7.12. The first-order valence-corrected chi connectivity index (χ1v) is 4.50. The smallest absolute Gasteiger partial charge is 0.242 e. The molecule has 3 nitrogen and oxygen atoms in total. The van der Waals surface area contributed by atoms with Crippen LogP contribution in [0.25, 0.3) is 0 Å². The van der Waals surface area contributed by atoms with E-state index in [0.717, 1.165) is 4.88 Å². The lowest BCUT2D eigenvalue weighted by atomic mass is 10.2. The van der Waals surface area contributed by atoms with E-state index in [1.54, 1.807) is 18.4 Å². The first kappa shape index (κ1) is 9.22. The maximum absolute atomic E-state index is 11.1. The first-order chi connectivity index (χ1) is 5.65. The zero-order chi connectivity index (χ0) is 9.14. The van der Waals surface area contributed by atoms with Gasteiger partial charge in [0.25, 0.3) is 0 Å². The molecule has 3 N–H and O–H groups in total. The number of hydrogen-bond acceptors (Lipinski definition) is 3. The number of rotatable bonds is 2. The Morgan fingerprint density at radius 3 is 2.75 bits per heavy atom. The van der Waals surface area contributed by atoms with Crippen molar-refractivity contribution in [3.63, 3.8) is 0 Å². The third-order valence-corrected chi connectivity index (χ3v) is 2.68. The van der Waals surface area contributed by atoms with Crippen LogP contribution in [-0.4, -0.2) is 13.0 Å². The number of likely N-dealkylation sites (N-methyl/N-ethyl adjacent to an activating group) is 1. The third-order valence-electron chi connectivity index (χ3n) is 1.60. The number of thiophene rings is 1. The summed E-state index contributed by atoms with van der Waals surface area (Å²) >= 11 is 1.55. The molecule has 0 saturated carbocycles. The predicted molar refractivity (Wildman–Crippen MR) is 50.1 cm³/mol. The highest BCUT2D eigenvalue weighted by atomic mass is 32.1. The maximum atomic E-state index is 11.1. The molecule has 12 heavy (non-hydrogen) atoms. The summed E-state index contributed by atoms with van der Waals surface area (Å²) in [5.74, 6) is -0.142. The van der Waals surface area contributed by atoms with E-state index in [0.29, 0.717) is 0 Å². The van der Waals surface area contributed by atoms with Crippen molar-refractivity contribution < 1.29 is 4.79 Å². The van der Waals surface area contributed by atoms with E-state index in [9.17, 15) is 4.79 Å². The van der Waals surface area contributed by atoms with Crippen LogP contribution in [0, 0.1) is 6.92 Å². The third kappa shape index (κ3) is 1.84. The average molecular weight is 184 g/mol. The molecule has 0 unspecified atom stereocenters. The lowest BCUT2D eigenvalue weighted by molar-refractivity contribution is -0.121. The van der Waals surface area contributed by atoms with Gasteiger partial charge < -0.3 is 11.1 Å². The number of carbonyl (C=O) groups excluding carboxylic acids is 1. The van der Waals surface area contributed by atoms with Crippen LogP contribution in [0.4, 0.5) is 0 Å². The van der Waals surface area contributed by atoms with Crippen LogP contribution in [-0.2, 0) is 4.79 Å². The van der Waals surface area contributed by atoms with Gasteiger partial charge in [-0.2, -0.15) is 0 Å². The molecular weight excluding hydrogens is 172 g/mol. The molecule has 1 aromatic heterocycles. The van der Waals surface area contributed by atoms with Crippen LogP contribution in [0.15, 0.2) is 12.1 Å². The number of nitrogens with two attached hydrogens (primary N) is 1. The van der Waals surface area contributed by atoms with Crippen molar-refractivity contribution in [2.24, 2.45) is 5.73 Å². The molecule has 0 spiro atoms. The summed E-state index contributed by atoms with van der Waals surface area (Å²) in [5.41, 5.74) is 5.66. The van der Waals surface area contributed by atoms with Crippen molar-refractivity contribution in [3.8, 4) is 0 Å². The molecule has 0 aromatic carbocycles. The van der Waals surface area contributed by atoms with Crippen molar-refractivity contribution >= 4 is 17.2 Å². The second kappa shape index (κ2) is 3.69. The molecule has 1 atom stereocenters. The van der Waals surface area contributed by atoms with Gasteiger partial charge in [0.05, 0.1) is 0 Å². The predicted octanol–water partition coefficient (Wildman–Crippen LogP) is 0.802. The Morgan fingerprint density at radius 2 is 2.33 bits per heavy atom. The molecule has 1 amide bonds. The summed E-state index contributed by atoms with van der Waals surface area (Å²) < 4.78 is 0. The van der Waals surface area contributed by atoms with Gasteiger partial charge in [-0.3, -0.25) is 4.79 Å². The Hall–Kier alpha value is -0.870. The molecule has 0 saturated heterocycles. The second-order valence-corrected chi connectivity index (χ2v) is 3.86. The molecule has 0 aliphatic rings. The summed E-state index contributed by atoms with van der Waals surface area (Å²) in [7, 11) is 1.59. The monoisotopic (exact) mass is 184 g/mol. The Balaban J connectivity index is 2.77. The highest BCUT2D eigenvalue weighted by Gasteiger charge is 2.14. The zero-order valence-electron chi connectivity index (χ0n) is 7.13. The van der Waals surface area contributed by atoms with Gasteiger partial charge in [-0.25, -0.2) is 0 Å². The normalized spacial score (nSPS) is 12.6. The summed E-state index contributed by atoms with van der Waals surface area (Å²) in [6.45, 7) is 1.99. The van der Waals surface area contributed by atoms with Crippen LogP contribution in [0.2, 0.25) is 0 Å². The van der Waals surface area contributed by atoms with E-state index in [1.807, 2.05) is 19.1 Å². The van der Waals surface area contributed by atoms with E-state index < -0.39 is 6.04 Å². The van der Waals surface area contributed by atoms with Gasteiger partial charge in [-0.05, 0) is 19.1 Å². The molecule has 4 heteroatoms. The van der Waals surface area contributed by atoms with E-state index in [2.05, 4.69) is 5.32 Å². The Morgan fingerprint density at radius 1 is 1.67 bits per heavy atom. The number of carbonyl (C=O) groups is 1.